The summed E-state index contributed by atoms with van der Waals surface area (Å²) >= 11 is 3.37. The zero-order chi connectivity index (χ0) is 14.7. The Kier molecular flexibility index (Phi) is 4.31. The lowest BCUT2D eigenvalue weighted by atomic mass is 10.2. The van der Waals surface area contributed by atoms with E-state index in [1.807, 2.05) is 25.1 Å². The molecule has 0 spiro atoms. The van der Waals surface area contributed by atoms with Gasteiger partial charge in [-0.3, -0.25) is 10.2 Å². The Morgan fingerprint density at radius 2 is 2.00 bits per heavy atom. The smallest absolute Gasteiger partial charge is 0.274 e. The van der Waals surface area contributed by atoms with Gasteiger partial charge in [0.15, 0.2) is 0 Å². The first-order valence-corrected chi connectivity index (χ1v) is 6.68. The largest absolute Gasteiger partial charge is 0.320 e. The monoisotopic (exact) mass is 335 g/mol. The molecule has 2 rings (SSSR count). The van der Waals surface area contributed by atoms with Crippen LogP contribution in [-0.2, 0) is 0 Å². The lowest BCUT2D eigenvalue weighted by molar-refractivity contribution is 0.102. The van der Waals surface area contributed by atoms with Crippen molar-refractivity contribution in [3.63, 3.8) is 0 Å². The molecule has 0 atom stereocenters. The number of benzene rings is 1. The summed E-state index contributed by atoms with van der Waals surface area (Å²) in [6.45, 7) is 3.68. The molecule has 1 amide bonds. The molecule has 0 bridgehead atoms. The molecule has 7 heteroatoms. The minimum absolute atomic E-state index is 0.209. The Morgan fingerprint density at radius 3 is 2.70 bits per heavy atom. The molecule has 4 N–H and O–H groups in total. The number of halogens is 1. The number of nitrogens with zero attached hydrogens (tertiary/aromatic N) is 2. The predicted octanol–water partition coefficient (Wildman–Crippen LogP) is 2.39. The summed E-state index contributed by atoms with van der Waals surface area (Å²) in [5.41, 5.74) is 4.94. The zero-order valence-electron chi connectivity index (χ0n) is 11.1. The van der Waals surface area contributed by atoms with E-state index in [0.717, 1.165) is 15.7 Å². The minimum Gasteiger partial charge on any atom is -0.320 e. The van der Waals surface area contributed by atoms with Crippen LogP contribution in [0.4, 0.5) is 11.6 Å². The first-order valence-electron chi connectivity index (χ1n) is 5.89. The quantitative estimate of drug-likeness (QED) is 0.591. The molecule has 0 fully saturated rings. The third-order valence-electron chi connectivity index (χ3n) is 2.66. The number of aryl methyl sites for hydroxylation is 2. The van der Waals surface area contributed by atoms with Crippen molar-refractivity contribution in [3.05, 3.63) is 45.7 Å². The van der Waals surface area contributed by atoms with Gasteiger partial charge in [0.05, 0.1) is 0 Å². The van der Waals surface area contributed by atoms with Crippen molar-refractivity contribution in [2.45, 2.75) is 13.8 Å². The fourth-order valence-corrected chi connectivity index (χ4v) is 2.03. The van der Waals surface area contributed by atoms with Crippen LogP contribution in [-0.4, -0.2) is 15.9 Å². The van der Waals surface area contributed by atoms with Gasteiger partial charge in [0.2, 0.25) is 5.95 Å². The topological polar surface area (TPSA) is 92.9 Å². The van der Waals surface area contributed by atoms with Gasteiger partial charge in [-0.2, -0.15) is 0 Å². The van der Waals surface area contributed by atoms with Crippen LogP contribution < -0.4 is 16.6 Å². The van der Waals surface area contributed by atoms with Crippen LogP contribution in [0.15, 0.2) is 28.7 Å². The summed E-state index contributed by atoms with van der Waals surface area (Å²) in [5, 5.41) is 2.82. The number of anilines is 2. The molecule has 1 aromatic heterocycles. The van der Waals surface area contributed by atoms with Gasteiger partial charge in [0.25, 0.3) is 5.91 Å². The van der Waals surface area contributed by atoms with Crippen LogP contribution in [0.3, 0.4) is 0 Å². The van der Waals surface area contributed by atoms with E-state index in [-0.39, 0.29) is 17.5 Å². The van der Waals surface area contributed by atoms with Gasteiger partial charge >= 0.3 is 0 Å². The maximum Gasteiger partial charge on any atom is 0.274 e. The second kappa shape index (κ2) is 5.98. The first kappa shape index (κ1) is 14.4. The molecule has 20 heavy (non-hydrogen) atoms. The maximum absolute atomic E-state index is 12.2. The van der Waals surface area contributed by atoms with Crippen molar-refractivity contribution in [3.8, 4) is 0 Å². The van der Waals surface area contributed by atoms with Gasteiger partial charge in [-0.05, 0) is 37.6 Å². The number of nitrogens with one attached hydrogen (secondary N) is 2. The third-order valence-corrected chi connectivity index (χ3v) is 3.16. The number of carbonyl (C=O) groups excluding carboxylic acids is 1. The number of hydrazine groups is 1. The Bertz CT molecular complexity index is 659. The van der Waals surface area contributed by atoms with Crippen molar-refractivity contribution in [2.75, 3.05) is 10.7 Å². The molecule has 0 aliphatic rings. The van der Waals surface area contributed by atoms with E-state index in [9.17, 15) is 4.79 Å². The highest BCUT2D eigenvalue weighted by Crippen LogP contribution is 2.21. The van der Waals surface area contributed by atoms with Gasteiger partial charge in [0, 0.05) is 15.9 Å². The van der Waals surface area contributed by atoms with Crippen LogP contribution in [0.2, 0.25) is 0 Å². The van der Waals surface area contributed by atoms with Crippen LogP contribution in [0, 0.1) is 13.8 Å². The number of nitrogens with two attached hydrogens (primary N) is 1. The van der Waals surface area contributed by atoms with Crippen molar-refractivity contribution >= 4 is 33.5 Å². The van der Waals surface area contributed by atoms with Crippen LogP contribution in [0.25, 0.3) is 0 Å². The van der Waals surface area contributed by atoms with E-state index in [4.69, 9.17) is 5.84 Å². The van der Waals surface area contributed by atoms with E-state index in [1.54, 1.807) is 13.0 Å². The summed E-state index contributed by atoms with van der Waals surface area (Å²) in [5.74, 6) is 5.17. The molecule has 0 radical (unpaired) electrons. The number of nitrogen functional groups attached to an aromatic ring is 1. The van der Waals surface area contributed by atoms with E-state index >= 15 is 0 Å². The standard InChI is InChI=1S/C13H14BrN5O/c1-7-3-4-9(14)6-10(7)17-12(20)11-5-8(2)16-13(18-11)19-15/h3-6H,15H2,1-2H3,(H,17,20)(H,16,18,19). The Balaban J connectivity index is 2.28. The van der Waals surface area contributed by atoms with Crippen LogP contribution in [0.1, 0.15) is 21.7 Å². The number of hydrogen-bond acceptors (Lipinski definition) is 5. The molecule has 0 saturated carbocycles. The lowest BCUT2D eigenvalue weighted by Crippen LogP contribution is -2.18. The fraction of sp³-hybridized carbons (Fsp3) is 0.154. The van der Waals surface area contributed by atoms with E-state index in [1.165, 1.54) is 0 Å². The van der Waals surface area contributed by atoms with Gasteiger partial charge in [-0.25, -0.2) is 15.8 Å². The third kappa shape index (κ3) is 3.31. The zero-order valence-corrected chi connectivity index (χ0v) is 12.7. The average molecular weight is 336 g/mol. The second-order valence-corrected chi connectivity index (χ2v) is 5.19. The fourth-order valence-electron chi connectivity index (χ4n) is 1.66. The first-order chi connectivity index (χ1) is 9.49. The molecule has 2 aromatic rings. The van der Waals surface area contributed by atoms with Crippen molar-refractivity contribution < 1.29 is 4.79 Å². The molecular formula is C13H14BrN5O. The van der Waals surface area contributed by atoms with Crippen LogP contribution in [0.5, 0.6) is 0 Å². The molecule has 0 saturated heterocycles. The molecular weight excluding hydrogens is 322 g/mol. The summed E-state index contributed by atoms with van der Waals surface area (Å²) in [6, 6.07) is 7.26. The Labute approximate surface area is 124 Å². The summed E-state index contributed by atoms with van der Waals surface area (Å²) < 4.78 is 0.890. The SMILES string of the molecule is Cc1cc(C(=O)Nc2cc(Br)ccc2C)nc(NN)n1. The lowest BCUT2D eigenvalue weighted by Gasteiger charge is -2.09. The second-order valence-electron chi connectivity index (χ2n) is 4.28. The number of carbonyl (C=O) groups is 1. The highest BCUT2D eigenvalue weighted by molar-refractivity contribution is 9.10. The minimum atomic E-state index is -0.312. The van der Waals surface area contributed by atoms with Gasteiger partial charge in [0.1, 0.15) is 5.69 Å². The van der Waals surface area contributed by atoms with Gasteiger partial charge in [-0.15, -0.1) is 0 Å². The van der Waals surface area contributed by atoms with Crippen molar-refractivity contribution in [1.29, 1.82) is 0 Å². The van der Waals surface area contributed by atoms with Crippen LogP contribution >= 0.6 is 15.9 Å². The number of rotatable bonds is 3. The highest BCUT2D eigenvalue weighted by Gasteiger charge is 2.12. The number of amides is 1. The van der Waals surface area contributed by atoms with Gasteiger partial charge < -0.3 is 5.32 Å². The van der Waals surface area contributed by atoms with E-state index < -0.39 is 0 Å². The molecule has 0 aliphatic carbocycles. The van der Waals surface area contributed by atoms with E-state index in [2.05, 4.69) is 36.6 Å². The molecule has 1 aromatic carbocycles. The van der Waals surface area contributed by atoms with Crippen molar-refractivity contribution in [2.24, 2.45) is 5.84 Å². The maximum atomic E-state index is 12.2. The highest BCUT2D eigenvalue weighted by atomic mass is 79.9. The number of aromatic nitrogens is 2. The molecule has 1 heterocycles. The predicted molar refractivity (Wildman–Crippen MR) is 81.4 cm³/mol. The average Bonchev–Trinajstić information content (AvgIpc) is 2.42. The molecule has 0 aliphatic heterocycles. The Morgan fingerprint density at radius 1 is 1.25 bits per heavy atom. The molecule has 0 unspecified atom stereocenters. The summed E-state index contributed by atoms with van der Waals surface area (Å²) in [4.78, 5) is 20.3. The van der Waals surface area contributed by atoms with Crippen molar-refractivity contribution in [1.82, 2.24) is 9.97 Å². The van der Waals surface area contributed by atoms with Gasteiger partial charge in [-0.1, -0.05) is 22.0 Å². The summed E-state index contributed by atoms with van der Waals surface area (Å²) in [7, 11) is 0. The normalized spacial score (nSPS) is 10.2. The Hall–Kier alpha value is -1.99. The molecule has 6 nitrogen and oxygen atoms in total. The number of hydrogen-bond donors (Lipinski definition) is 3. The molecule has 104 valence electrons. The summed E-state index contributed by atoms with van der Waals surface area (Å²) in [6.07, 6.45) is 0. The van der Waals surface area contributed by atoms with E-state index in [0.29, 0.717) is 5.69 Å².